The van der Waals surface area contributed by atoms with Gasteiger partial charge in [-0.15, -0.1) is 0 Å². The second kappa shape index (κ2) is 14.7. The van der Waals surface area contributed by atoms with E-state index in [1.807, 2.05) is 24.3 Å². The molecule has 290 valence electrons. The van der Waals surface area contributed by atoms with Gasteiger partial charge in [0, 0.05) is 43.9 Å². The third-order valence-electron chi connectivity index (χ3n) is 11.9. The van der Waals surface area contributed by atoms with Gasteiger partial charge in [-0.3, -0.25) is 0 Å². The Hall–Kier alpha value is -8.41. The van der Waals surface area contributed by atoms with Crippen molar-refractivity contribution in [1.29, 1.82) is 0 Å². The topological polar surface area (TPSA) is 56.7 Å². The molecule has 3 aromatic heterocycles. The maximum atomic E-state index is 6.98. The Kier molecular flexibility index (Phi) is 8.42. The summed E-state index contributed by atoms with van der Waals surface area (Å²) in [4.78, 5) is 15.6. The number of fused-ring (bicyclic) bond motifs is 7. The first-order valence-corrected chi connectivity index (χ1v) is 20.8. The van der Waals surface area contributed by atoms with Crippen LogP contribution in [0.4, 0.5) is 0 Å². The summed E-state index contributed by atoms with van der Waals surface area (Å²) in [5.74, 6) is 1.78. The van der Waals surface area contributed by atoms with E-state index in [1.54, 1.807) is 0 Å². The van der Waals surface area contributed by atoms with Crippen LogP contribution in [-0.2, 0) is 0 Å². The quantitative estimate of drug-likeness (QED) is 0.161. The number of aromatic nitrogens is 4. The highest BCUT2D eigenvalue weighted by Gasteiger charge is 2.23. The van der Waals surface area contributed by atoms with E-state index in [9.17, 15) is 0 Å². The largest absolute Gasteiger partial charge is 0.454 e. The van der Waals surface area contributed by atoms with Gasteiger partial charge in [0.05, 0.1) is 11.0 Å². The maximum absolute atomic E-state index is 6.98. The van der Waals surface area contributed by atoms with Gasteiger partial charge in [0.25, 0.3) is 0 Å². The van der Waals surface area contributed by atoms with Crippen LogP contribution in [-0.4, -0.2) is 19.5 Å². The lowest BCUT2D eigenvalue weighted by Gasteiger charge is -2.11. The summed E-state index contributed by atoms with van der Waals surface area (Å²) in [6.45, 7) is 0. The van der Waals surface area contributed by atoms with E-state index in [4.69, 9.17) is 19.4 Å². The zero-order valence-electron chi connectivity index (χ0n) is 33.5. The molecule has 0 spiro atoms. The Morgan fingerprint density at radius 1 is 0.339 bits per heavy atom. The van der Waals surface area contributed by atoms with Crippen LogP contribution in [0, 0.1) is 0 Å². The highest BCUT2D eigenvalue weighted by molar-refractivity contribution is 6.23. The fourth-order valence-corrected chi connectivity index (χ4v) is 8.88. The van der Waals surface area contributed by atoms with E-state index in [1.165, 1.54) is 10.9 Å². The van der Waals surface area contributed by atoms with E-state index in [0.717, 1.165) is 88.6 Å². The van der Waals surface area contributed by atoms with Crippen molar-refractivity contribution < 1.29 is 4.42 Å². The van der Waals surface area contributed by atoms with Crippen molar-refractivity contribution >= 4 is 43.7 Å². The SMILES string of the molecule is c1ccc(-c2ccc(-c3nc(-c4ccc(-c5ccccc5)cc4)nc(-c4cccc5oc6c(ccc7c8ccccc8n(-c8cccc(-c9ccccc9)c8)c76)c45)n3)cc2)cc1. The van der Waals surface area contributed by atoms with Gasteiger partial charge in [-0.25, -0.2) is 15.0 Å². The summed E-state index contributed by atoms with van der Waals surface area (Å²) >= 11 is 0. The van der Waals surface area contributed by atoms with Crippen LogP contribution in [0.3, 0.4) is 0 Å². The maximum Gasteiger partial charge on any atom is 0.164 e. The molecule has 0 aliphatic heterocycles. The standard InChI is InChI=1S/C57H36N4O/c1-4-14-37(15-5-1)40-26-30-42(31-27-40)55-58-56(43-32-28-41(29-33-43)38-16-6-2-7-17-38)60-57(59-55)49-23-13-25-51-52(49)48-35-34-47-46-22-10-11-24-50(46)61(53(47)54(48)62-51)45-21-12-20-44(36-45)39-18-8-3-9-19-39/h1-36H. The van der Waals surface area contributed by atoms with Gasteiger partial charge in [0.1, 0.15) is 5.58 Å². The lowest BCUT2D eigenvalue weighted by Crippen LogP contribution is -2.00. The number of benzene rings is 9. The van der Waals surface area contributed by atoms with E-state index < -0.39 is 0 Å². The molecule has 3 heterocycles. The number of rotatable bonds is 7. The first-order chi connectivity index (χ1) is 30.7. The Balaban J connectivity index is 1.06. The molecule has 0 bridgehead atoms. The van der Waals surface area contributed by atoms with Crippen LogP contribution < -0.4 is 0 Å². The molecule has 0 fully saturated rings. The van der Waals surface area contributed by atoms with E-state index in [0.29, 0.717) is 17.5 Å². The summed E-state index contributed by atoms with van der Waals surface area (Å²) < 4.78 is 9.33. The smallest absolute Gasteiger partial charge is 0.164 e. The molecule has 5 heteroatoms. The van der Waals surface area contributed by atoms with E-state index in [2.05, 4.69) is 199 Å². The molecule has 12 aromatic rings. The lowest BCUT2D eigenvalue weighted by molar-refractivity contribution is 0.671. The molecule has 0 aliphatic rings. The summed E-state index contributed by atoms with van der Waals surface area (Å²) in [5.41, 5.74) is 14.4. The Labute approximate surface area is 357 Å². The molecular weight excluding hydrogens is 757 g/mol. The molecule has 5 nitrogen and oxygen atoms in total. The molecule has 0 saturated heterocycles. The van der Waals surface area contributed by atoms with E-state index in [-0.39, 0.29) is 0 Å². The summed E-state index contributed by atoms with van der Waals surface area (Å²) in [5, 5.41) is 4.25. The third kappa shape index (κ3) is 6.06. The third-order valence-corrected chi connectivity index (χ3v) is 11.9. The summed E-state index contributed by atoms with van der Waals surface area (Å²) in [6, 6.07) is 76.2. The lowest BCUT2D eigenvalue weighted by atomic mass is 10.0. The molecule has 0 amide bonds. The Morgan fingerprint density at radius 2 is 0.823 bits per heavy atom. The second-order valence-corrected chi connectivity index (χ2v) is 15.6. The second-order valence-electron chi connectivity index (χ2n) is 15.6. The summed E-state index contributed by atoms with van der Waals surface area (Å²) in [6.07, 6.45) is 0. The van der Waals surface area contributed by atoms with Gasteiger partial charge in [-0.1, -0.05) is 188 Å². The molecule has 0 saturated carbocycles. The van der Waals surface area contributed by atoms with Crippen molar-refractivity contribution in [3.63, 3.8) is 0 Å². The van der Waals surface area contributed by atoms with Crippen molar-refractivity contribution in [1.82, 2.24) is 19.5 Å². The number of hydrogen-bond acceptors (Lipinski definition) is 4. The van der Waals surface area contributed by atoms with Crippen LogP contribution in [0.1, 0.15) is 0 Å². The van der Waals surface area contributed by atoms with Crippen molar-refractivity contribution in [2.45, 2.75) is 0 Å². The molecule has 0 aliphatic carbocycles. The molecule has 62 heavy (non-hydrogen) atoms. The van der Waals surface area contributed by atoms with Gasteiger partial charge in [-0.05, 0) is 63.7 Å². The van der Waals surface area contributed by atoms with Crippen LogP contribution in [0.25, 0.3) is 117 Å². The number of hydrogen-bond donors (Lipinski definition) is 0. The van der Waals surface area contributed by atoms with Gasteiger partial charge < -0.3 is 8.98 Å². The zero-order valence-corrected chi connectivity index (χ0v) is 33.5. The average Bonchev–Trinajstić information content (AvgIpc) is 3.91. The average molecular weight is 793 g/mol. The van der Waals surface area contributed by atoms with Crippen molar-refractivity contribution in [2.24, 2.45) is 0 Å². The predicted octanol–water partition coefficient (Wildman–Crippen LogP) is 14.9. The molecule has 0 N–H and O–H groups in total. The molecular formula is C57H36N4O. The number of furan rings is 1. The predicted molar refractivity (Wildman–Crippen MR) is 254 cm³/mol. The monoisotopic (exact) mass is 792 g/mol. The van der Waals surface area contributed by atoms with Crippen LogP contribution in [0.15, 0.2) is 223 Å². The van der Waals surface area contributed by atoms with Gasteiger partial charge in [-0.2, -0.15) is 0 Å². The molecule has 0 atom stereocenters. The first kappa shape index (κ1) is 35.5. The Bertz CT molecular complexity index is 3490. The van der Waals surface area contributed by atoms with Crippen LogP contribution >= 0.6 is 0 Å². The fourth-order valence-electron chi connectivity index (χ4n) is 8.88. The summed E-state index contributed by atoms with van der Waals surface area (Å²) in [7, 11) is 0. The number of para-hydroxylation sites is 1. The van der Waals surface area contributed by atoms with Crippen molar-refractivity contribution in [2.75, 3.05) is 0 Å². The highest BCUT2D eigenvalue weighted by atomic mass is 16.3. The Morgan fingerprint density at radius 3 is 1.45 bits per heavy atom. The number of nitrogens with zero attached hydrogens (tertiary/aromatic N) is 4. The minimum absolute atomic E-state index is 0.578. The van der Waals surface area contributed by atoms with Crippen molar-refractivity contribution in [3.05, 3.63) is 218 Å². The molecule has 12 rings (SSSR count). The van der Waals surface area contributed by atoms with E-state index >= 15 is 0 Å². The molecule has 0 unspecified atom stereocenters. The van der Waals surface area contributed by atoms with Crippen LogP contribution in [0.5, 0.6) is 0 Å². The molecule has 9 aromatic carbocycles. The highest BCUT2D eigenvalue weighted by Crippen LogP contribution is 2.43. The zero-order chi connectivity index (χ0) is 41.0. The van der Waals surface area contributed by atoms with Crippen molar-refractivity contribution in [3.8, 4) is 73.2 Å². The first-order valence-electron chi connectivity index (χ1n) is 20.8. The molecule has 0 radical (unpaired) electrons. The van der Waals surface area contributed by atoms with Gasteiger partial charge in [0.2, 0.25) is 0 Å². The fraction of sp³-hybridized carbons (Fsp3) is 0. The minimum atomic E-state index is 0.578. The van der Waals surface area contributed by atoms with Gasteiger partial charge in [0.15, 0.2) is 23.1 Å². The van der Waals surface area contributed by atoms with Gasteiger partial charge >= 0.3 is 0 Å². The normalized spacial score (nSPS) is 11.5. The minimum Gasteiger partial charge on any atom is -0.454 e. The van der Waals surface area contributed by atoms with Crippen LogP contribution in [0.2, 0.25) is 0 Å².